The molecule has 5 atom stereocenters. The fourth-order valence-corrected chi connectivity index (χ4v) is 12.1. The fourth-order valence-electron chi connectivity index (χ4n) is 12.1. The van der Waals surface area contributed by atoms with Crippen LogP contribution in [-0.2, 0) is 119 Å². The van der Waals surface area contributed by atoms with Gasteiger partial charge in [-0.15, -0.1) is 0 Å². The Labute approximate surface area is 727 Å². The van der Waals surface area contributed by atoms with Crippen molar-refractivity contribution in [3.8, 4) is 0 Å². The normalized spacial score (nSPS) is 12.3. The van der Waals surface area contributed by atoms with Gasteiger partial charge in [0.1, 0.15) is 50.6 Å². The number of carbonyl (C=O) groups excluding carboxylic acids is 11. The van der Waals surface area contributed by atoms with E-state index in [2.05, 4.69) is 53.2 Å². The summed E-state index contributed by atoms with van der Waals surface area (Å²) in [6.45, 7) is 1.11. The van der Waals surface area contributed by atoms with Crippen LogP contribution >= 0.6 is 0 Å². The summed E-state index contributed by atoms with van der Waals surface area (Å²) in [5, 5.41) is 81.1. The second-order valence-electron chi connectivity index (χ2n) is 29.9. The maximum absolute atomic E-state index is 12.8. The topological polar surface area (TPSA) is 606 Å². The third kappa shape index (κ3) is 75.4. The van der Waals surface area contributed by atoms with Gasteiger partial charge in [0.2, 0.25) is 59.1 Å². The minimum Gasteiger partial charge on any atom is -0.481 e. The van der Waals surface area contributed by atoms with Crippen LogP contribution in [0.2, 0.25) is 0 Å². The molecule has 0 aromatic heterocycles. The molecule has 41 heteroatoms. The molecule has 0 aliphatic rings. The standard InChI is InChI=1S/C83H144N10O31/c1-62(94)63(89-73(100)40-36-67(83(115)116)93-77(104)61-124-57-53-120-49-45-88-75(102)59-122-55-51-118-47-43-86-70(97)39-34-65(81(111)112)91-72(99)30-23-19-15-11-7-3-5-9-13-17-21-25-32-79(107)108)28-26-27-41-84-68(95)37-35-66(82(113)114)92-76(103)60-123-56-52-119-48-44-87-74(101)58-121-54-50-117-46-42-85-69(96)38-33-64(80(109)110)90-71(98)29-22-18-14-10-6-2-4-8-12-16-20-24-31-78(105)106/h63-67H,2-61H2,1H3,(H,84,95)(H,85,96)(H,86,97)(H,87,101)(H,88,102)(H,89,100)(H,90,98)(H,91,99)(H,92,103)(H,93,104)(H,105,106)(H,107,108)(H,109,110)(H,111,112)(H,113,114)(H,115,116)/t63-,64-,65-,66-,67-/m0/s1. The van der Waals surface area contributed by atoms with E-state index in [0.29, 0.717) is 25.7 Å². The van der Waals surface area contributed by atoms with Gasteiger partial charge in [-0.25, -0.2) is 19.2 Å². The van der Waals surface area contributed by atoms with Gasteiger partial charge in [-0.05, 0) is 77.6 Å². The molecule has 0 fully saturated rings. The number of ketones is 1. The summed E-state index contributed by atoms with van der Waals surface area (Å²) in [6.07, 6.45) is 24.0. The van der Waals surface area contributed by atoms with E-state index in [1.165, 1.54) is 6.92 Å². The minimum atomic E-state index is -1.47. The Morgan fingerprint density at radius 1 is 0.202 bits per heavy atom. The number of Topliss-reactive ketones (excluding diaryl/α,β-unsaturated/α-hetero) is 1. The van der Waals surface area contributed by atoms with Crippen LogP contribution in [0, 0.1) is 0 Å². The number of carboxylic acid groups (broad SMARTS) is 6. The highest BCUT2D eigenvalue weighted by molar-refractivity contribution is 5.89. The Balaban J connectivity index is 4.08. The highest BCUT2D eigenvalue weighted by Gasteiger charge is 2.27. The SMILES string of the molecule is CC(=O)[C@H](CCCCNC(=O)CC[C@H](NC(=O)COCCOCCNC(=O)COCCOCCNC(=O)CC[C@H](NC(=O)CCCCCCCCCCCCCCC(=O)O)C(=O)O)C(=O)O)NC(=O)CC[C@H](NC(=O)COCCOCCNC(=O)COCCOCCNC(=O)CC[C@H](NC(=O)CCCCCCCCCCCCCCC(=O)O)C(=O)O)C(=O)O. The average molecular weight is 1780 g/mol. The third-order valence-corrected chi connectivity index (χ3v) is 19.0. The largest absolute Gasteiger partial charge is 0.481 e. The van der Waals surface area contributed by atoms with Crippen molar-refractivity contribution >= 4 is 101 Å². The molecule has 0 aliphatic heterocycles. The molecule has 0 aromatic carbocycles. The first-order valence-electron chi connectivity index (χ1n) is 43.9. The number of aliphatic carboxylic acids is 6. The van der Waals surface area contributed by atoms with Crippen LogP contribution < -0.4 is 53.2 Å². The lowest BCUT2D eigenvalue weighted by Gasteiger charge is -2.18. The number of ether oxygens (including phenoxy) is 8. The van der Waals surface area contributed by atoms with Gasteiger partial charge in [-0.1, -0.05) is 128 Å². The van der Waals surface area contributed by atoms with Gasteiger partial charge in [0, 0.05) is 84.1 Å². The van der Waals surface area contributed by atoms with Crippen LogP contribution in [-0.4, -0.2) is 300 Å². The second-order valence-corrected chi connectivity index (χ2v) is 29.9. The van der Waals surface area contributed by atoms with Crippen molar-refractivity contribution in [2.75, 3.05) is 138 Å². The Hall–Kier alpha value is -9.13. The van der Waals surface area contributed by atoms with Gasteiger partial charge in [0.25, 0.3) is 0 Å². The van der Waals surface area contributed by atoms with Gasteiger partial charge < -0.3 is 122 Å². The molecule has 0 saturated heterocycles. The van der Waals surface area contributed by atoms with Gasteiger partial charge in [-0.3, -0.25) is 62.3 Å². The summed E-state index contributed by atoms with van der Waals surface area (Å²) in [5.41, 5.74) is 0. The second kappa shape index (κ2) is 79.8. The fraction of sp³-hybridized carbons (Fsp3) is 0.795. The van der Waals surface area contributed by atoms with E-state index >= 15 is 0 Å². The first kappa shape index (κ1) is 115. The first-order chi connectivity index (χ1) is 59.6. The van der Waals surface area contributed by atoms with Crippen molar-refractivity contribution in [1.29, 1.82) is 0 Å². The Kier molecular flexibility index (Phi) is 73.9. The predicted molar refractivity (Wildman–Crippen MR) is 448 cm³/mol. The van der Waals surface area contributed by atoms with Crippen molar-refractivity contribution in [2.24, 2.45) is 0 Å². The molecule has 41 nitrogen and oxygen atoms in total. The highest BCUT2D eigenvalue weighted by Crippen LogP contribution is 2.16. The third-order valence-electron chi connectivity index (χ3n) is 19.0. The molecule has 0 aromatic rings. The average Bonchev–Trinajstić information content (AvgIpc) is 0.919. The quantitative estimate of drug-likeness (QED) is 0.0388. The van der Waals surface area contributed by atoms with Gasteiger partial charge in [0.15, 0.2) is 5.78 Å². The molecule has 0 spiro atoms. The van der Waals surface area contributed by atoms with Crippen LogP contribution in [0.15, 0.2) is 0 Å². The number of nitrogens with one attached hydrogen (secondary N) is 10. The van der Waals surface area contributed by atoms with Crippen molar-refractivity contribution < 1.29 is 150 Å². The molecular weight excluding hydrogens is 1630 g/mol. The molecular formula is C83H144N10O31. The Morgan fingerprint density at radius 2 is 0.419 bits per heavy atom. The number of hydrogen-bond acceptors (Lipinski definition) is 25. The molecule has 10 amide bonds. The van der Waals surface area contributed by atoms with Crippen LogP contribution in [0.4, 0.5) is 0 Å². The predicted octanol–water partition coefficient (Wildman–Crippen LogP) is 3.43. The molecule has 124 heavy (non-hydrogen) atoms. The summed E-state index contributed by atoms with van der Waals surface area (Å²) in [5.74, 6) is -12.3. The first-order valence-corrected chi connectivity index (χ1v) is 43.9. The van der Waals surface area contributed by atoms with Crippen LogP contribution in [0.1, 0.15) is 257 Å². The highest BCUT2D eigenvalue weighted by atomic mass is 16.5. The van der Waals surface area contributed by atoms with Gasteiger partial charge >= 0.3 is 35.8 Å². The number of carboxylic acids is 6. The van der Waals surface area contributed by atoms with E-state index in [1.807, 2.05) is 0 Å². The van der Waals surface area contributed by atoms with E-state index in [0.717, 1.165) is 141 Å². The zero-order valence-corrected chi connectivity index (χ0v) is 72.7. The molecule has 0 rings (SSSR count). The van der Waals surface area contributed by atoms with E-state index in [1.54, 1.807) is 0 Å². The van der Waals surface area contributed by atoms with Crippen LogP contribution in [0.5, 0.6) is 0 Å². The van der Waals surface area contributed by atoms with E-state index in [9.17, 15) is 102 Å². The lowest BCUT2D eigenvalue weighted by Crippen LogP contribution is -2.44. The summed E-state index contributed by atoms with van der Waals surface area (Å²) in [6, 6.07) is -6.22. The molecule has 0 bridgehead atoms. The summed E-state index contributed by atoms with van der Waals surface area (Å²) in [7, 11) is 0. The van der Waals surface area contributed by atoms with E-state index < -0.39 is 126 Å². The zero-order chi connectivity index (χ0) is 91.9. The lowest BCUT2D eigenvalue weighted by atomic mass is 10.0. The molecule has 712 valence electrons. The van der Waals surface area contributed by atoms with E-state index in [-0.39, 0.29) is 226 Å². The molecule has 0 radical (unpaired) electrons. The number of unbranched alkanes of at least 4 members (excludes halogenated alkanes) is 23. The van der Waals surface area contributed by atoms with Crippen LogP contribution in [0.25, 0.3) is 0 Å². The van der Waals surface area contributed by atoms with Crippen molar-refractivity contribution in [2.45, 2.75) is 288 Å². The lowest BCUT2D eigenvalue weighted by molar-refractivity contribution is -0.143. The summed E-state index contributed by atoms with van der Waals surface area (Å²) in [4.78, 5) is 205. The van der Waals surface area contributed by atoms with Crippen molar-refractivity contribution in [3.63, 3.8) is 0 Å². The van der Waals surface area contributed by atoms with Crippen molar-refractivity contribution in [3.05, 3.63) is 0 Å². The number of amides is 10. The van der Waals surface area contributed by atoms with Gasteiger partial charge in [-0.2, -0.15) is 0 Å². The Morgan fingerprint density at radius 3 is 0.694 bits per heavy atom. The van der Waals surface area contributed by atoms with Crippen molar-refractivity contribution in [1.82, 2.24) is 53.2 Å². The molecule has 0 heterocycles. The summed E-state index contributed by atoms with van der Waals surface area (Å²) >= 11 is 0. The van der Waals surface area contributed by atoms with Gasteiger partial charge in [0.05, 0.1) is 85.3 Å². The monoisotopic (exact) mass is 1780 g/mol. The maximum Gasteiger partial charge on any atom is 0.326 e. The maximum atomic E-state index is 12.8. The minimum absolute atomic E-state index is 0.0222. The Bertz CT molecular complexity index is 3050. The summed E-state index contributed by atoms with van der Waals surface area (Å²) < 4.78 is 42.6. The number of rotatable bonds is 89. The molecule has 0 unspecified atom stereocenters. The molecule has 16 N–H and O–H groups in total. The molecule has 0 aliphatic carbocycles. The molecule has 0 saturated carbocycles. The number of hydrogen-bond donors (Lipinski definition) is 16. The van der Waals surface area contributed by atoms with E-state index in [4.69, 9.17) is 48.1 Å². The smallest absolute Gasteiger partial charge is 0.326 e. The number of carbonyl (C=O) groups is 17. The zero-order valence-electron chi connectivity index (χ0n) is 72.7. The van der Waals surface area contributed by atoms with Crippen LogP contribution in [0.3, 0.4) is 0 Å².